The molecule has 0 amide bonds. The molecular weight excluding hydrogens is 512 g/mol. The van der Waals surface area contributed by atoms with Crippen molar-refractivity contribution in [1.29, 1.82) is 0 Å². The summed E-state index contributed by atoms with van der Waals surface area (Å²) in [6.45, 7) is 6.92. The van der Waals surface area contributed by atoms with Crippen LogP contribution in [0.3, 0.4) is 0 Å². The van der Waals surface area contributed by atoms with E-state index < -0.39 is 5.79 Å². The van der Waals surface area contributed by atoms with Crippen molar-refractivity contribution in [1.82, 2.24) is 0 Å². The van der Waals surface area contributed by atoms with Crippen LogP contribution in [-0.2, 0) is 24.8 Å². The summed E-state index contributed by atoms with van der Waals surface area (Å²) in [6.07, 6.45) is 19.8. The third kappa shape index (κ3) is 9.06. The predicted molar refractivity (Wildman–Crippen MR) is 165 cm³/mol. The Morgan fingerprint density at radius 3 is 1.76 bits per heavy atom. The van der Waals surface area contributed by atoms with Gasteiger partial charge in [-0.1, -0.05) is 120 Å². The summed E-state index contributed by atoms with van der Waals surface area (Å²) in [5.74, 6) is 0.269. The minimum Gasteiger partial charge on any atom is -0.463 e. The number of fused-ring (bicyclic) bond motifs is 4. The minimum absolute atomic E-state index is 0.149. The molecule has 5 heteroatoms. The molecule has 0 radical (unpaired) electrons. The smallest absolute Gasteiger partial charge is 0.305 e. The molecule has 4 rings (SSSR count). The number of unbranched alkanes of at least 4 members (excludes halogenated alkanes) is 14. The van der Waals surface area contributed by atoms with Gasteiger partial charge in [-0.2, -0.15) is 0 Å². The highest BCUT2D eigenvalue weighted by molar-refractivity contribution is 5.69. The van der Waals surface area contributed by atoms with Gasteiger partial charge in [-0.05, 0) is 44.5 Å². The summed E-state index contributed by atoms with van der Waals surface area (Å²) in [5.41, 5.74) is 3.94. The van der Waals surface area contributed by atoms with Crippen LogP contribution in [0.2, 0.25) is 0 Å². The summed E-state index contributed by atoms with van der Waals surface area (Å²) in [6, 6.07) is 12.1. The van der Waals surface area contributed by atoms with E-state index in [0.29, 0.717) is 13.0 Å². The van der Waals surface area contributed by atoms with Crippen molar-refractivity contribution in [3.05, 3.63) is 58.7 Å². The highest BCUT2D eigenvalue weighted by atomic mass is 16.8. The normalized spacial score (nSPS) is 16.8. The van der Waals surface area contributed by atoms with Gasteiger partial charge in [-0.25, -0.2) is 0 Å². The molecule has 0 saturated carbocycles. The fourth-order valence-corrected chi connectivity index (χ4v) is 6.02. The van der Waals surface area contributed by atoms with E-state index in [9.17, 15) is 4.79 Å². The first kappa shape index (κ1) is 31.6. The van der Waals surface area contributed by atoms with Crippen LogP contribution in [0.5, 0.6) is 11.5 Å². The van der Waals surface area contributed by atoms with E-state index in [1.807, 2.05) is 38.1 Å². The van der Waals surface area contributed by atoms with Crippen molar-refractivity contribution in [2.24, 2.45) is 0 Å². The first-order valence-corrected chi connectivity index (χ1v) is 16.4. The lowest BCUT2D eigenvalue weighted by atomic mass is 9.91. The maximum atomic E-state index is 12.4. The van der Waals surface area contributed by atoms with E-state index >= 15 is 0 Å². The molecule has 2 aromatic rings. The molecule has 1 fully saturated rings. The topological polar surface area (TPSA) is 54.0 Å². The Kier molecular flexibility index (Phi) is 12.6. The molecule has 1 saturated heterocycles. The molecule has 2 aliphatic heterocycles. The van der Waals surface area contributed by atoms with Crippen LogP contribution in [-0.4, -0.2) is 25.3 Å². The number of ether oxygens (including phenoxy) is 4. The highest BCUT2D eigenvalue weighted by Crippen LogP contribution is 2.52. The molecular formula is C36H52O5. The van der Waals surface area contributed by atoms with Crippen LogP contribution >= 0.6 is 0 Å². The Morgan fingerprint density at radius 1 is 0.756 bits per heavy atom. The molecule has 2 heterocycles. The summed E-state index contributed by atoms with van der Waals surface area (Å²) in [7, 11) is 0. The lowest BCUT2D eigenvalue weighted by Crippen LogP contribution is -2.34. The Hall–Kier alpha value is -2.37. The van der Waals surface area contributed by atoms with Crippen LogP contribution in [0.25, 0.3) is 0 Å². The molecule has 1 spiro atoms. The van der Waals surface area contributed by atoms with E-state index in [-0.39, 0.29) is 18.7 Å². The Bertz CT molecular complexity index is 1040. The van der Waals surface area contributed by atoms with E-state index in [0.717, 1.165) is 46.6 Å². The van der Waals surface area contributed by atoms with Gasteiger partial charge in [0.1, 0.15) is 24.2 Å². The number of carbonyl (C=O) groups excluding carboxylic acids is 1. The number of hydrogen-bond donors (Lipinski definition) is 0. The first-order chi connectivity index (χ1) is 20.0. The molecule has 5 nitrogen and oxygen atoms in total. The SMILES string of the molecule is CCCCCCCCCCCCCCCCCC(=O)OCC1COC2(O1)c1cc(C)ccc1Oc1ccc(C)cc12. The van der Waals surface area contributed by atoms with Crippen molar-refractivity contribution in [3.8, 4) is 11.5 Å². The Morgan fingerprint density at radius 2 is 1.24 bits per heavy atom. The molecule has 1 atom stereocenters. The summed E-state index contributed by atoms with van der Waals surface area (Å²) < 4.78 is 24.7. The van der Waals surface area contributed by atoms with Crippen molar-refractivity contribution in [2.75, 3.05) is 13.2 Å². The Labute approximate surface area is 248 Å². The fourth-order valence-electron chi connectivity index (χ4n) is 6.02. The number of carbonyl (C=O) groups is 1. The lowest BCUT2D eigenvalue weighted by molar-refractivity contribution is -0.162. The average molecular weight is 565 g/mol. The second-order valence-electron chi connectivity index (χ2n) is 12.2. The van der Waals surface area contributed by atoms with Gasteiger partial charge in [0.25, 0.3) is 0 Å². The summed E-state index contributed by atoms with van der Waals surface area (Å²) in [5, 5.41) is 0. The fraction of sp³-hybridized carbons (Fsp3) is 0.639. The van der Waals surface area contributed by atoms with Gasteiger partial charge < -0.3 is 18.9 Å². The summed E-state index contributed by atoms with van der Waals surface area (Å²) >= 11 is 0. The van der Waals surface area contributed by atoms with Crippen molar-refractivity contribution in [2.45, 2.75) is 135 Å². The van der Waals surface area contributed by atoms with Crippen LogP contribution in [0.4, 0.5) is 0 Å². The molecule has 2 aliphatic rings. The molecule has 1 unspecified atom stereocenters. The number of benzene rings is 2. The molecule has 0 aromatic heterocycles. The molecule has 2 aromatic carbocycles. The van der Waals surface area contributed by atoms with Gasteiger partial charge in [-0.15, -0.1) is 0 Å². The van der Waals surface area contributed by atoms with Crippen molar-refractivity contribution < 1.29 is 23.7 Å². The van der Waals surface area contributed by atoms with Crippen LogP contribution in [0.15, 0.2) is 36.4 Å². The highest BCUT2D eigenvalue weighted by Gasteiger charge is 2.51. The second kappa shape index (κ2) is 16.3. The maximum absolute atomic E-state index is 12.4. The zero-order chi connectivity index (χ0) is 28.9. The van der Waals surface area contributed by atoms with Gasteiger partial charge in [0.2, 0.25) is 5.79 Å². The van der Waals surface area contributed by atoms with Gasteiger partial charge in [0.05, 0.1) is 17.7 Å². The number of esters is 1. The Balaban J connectivity index is 1.10. The van der Waals surface area contributed by atoms with Gasteiger partial charge in [0, 0.05) is 6.42 Å². The standard InChI is InChI=1S/C36H52O5/c1-4-5-6-7-8-9-10-11-12-13-14-15-16-17-18-19-35(37)38-26-30-27-39-36(41-30)31-24-28(2)20-22-33(31)40-34-23-21-29(3)25-32(34)36/h20-25,30H,4-19,26-27H2,1-3H3. The number of rotatable bonds is 18. The summed E-state index contributed by atoms with van der Waals surface area (Å²) in [4.78, 5) is 12.4. The second-order valence-corrected chi connectivity index (χ2v) is 12.2. The molecule has 0 aliphatic carbocycles. The molecule has 226 valence electrons. The van der Waals surface area contributed by atoms with Crippen LogP contribution in [0.1, 0.15) is 132 Å². The third-order valence-electron chi connectivity index (χ3n) is 8.42. The zero-order valence-electron chi connectivity index (χ0n) is 25.8. The van der Waals surface area contributed by atoms with E-state index in [1.165, 1.54) is 83.5 Å². The first-order valence-electron chi connectivity index (χ1n) is 16.4. The van der Waals surface area contributed by atoms with Crippen molar-refractivity contribution >= 4 is 5.97 Å². The average Bonchev–Trinajstić information content (AvgIpc) is 3.40. The van der Waals surface area contributed by atoms with Crippen LogP contribution < -0.4 is 4.74 Å². The minimum atomic E-state index is -1.05. The molecule has 41 heavy (non-hydrogen) atoms. The predicted octanol–water partition coefficient (Wildman–Crippen LogP) is 9.83. The third-order valence-corrected chi connectivity index (χ3v) is 8.42. The van der Waals surface area contributed by atoms with Gasteiger partial charge in [0.15, 0.2) is 0 Å². The van der Waals surface area contributed by atoms with Gasteiger partial charge >= 0.3 is 5.97 Å². The maximum Gasteiger partial charge on any atom is 0.305 e. The zero-order valence-corrected chi connectivity index (χ0v) is 25.8. The van der Waals surface area contributed by atoms with Crippen molar-refractivity contribution in [3.63, 3.8) is 0 Å². The van der Waals surface area contributed by atoms with E-state index in [1.54, 1.807) is 0 Å². The lowest BCUT2D eigenvalue weighted by Gasteiger charge is -2.36. The largest absolute Gasteiger partial charge is 0.463 e. The van der Waals surface area contributed by atoms with E-state index in [2.05, 4.69) is 19.1 Å². The van der Waals surface area contributed by atoms with Crippen LogP contribution in [0, 0.1) is 13.8 Å². The number of hydrogen-bond acceptors (Lipinski definition) is 5. The monoisotopic (exact) mass is 564 g/mol. The molecule has 0 bridgehead atoms. The van der Waals surface area contributed by atoms with E-state index in [4.69, 9.17) is 18.9 Å². The quantitative estimate of drug-likeness (QED) is 0.133. The molecule has 0 N–H and O–H groups in total. The number of aryl methyl sites for hydroxylation is 2. The van der Waals surface area contributed by atoms with Gasteiger partial charge in [-0.3, -0.25) is 4.79 Å².